The van der Waals surface area contributed by atoms with Crippen LogP contribution in [-0.4, -0.2) is 9.78 Å². The first kappa shape index (κ1) is 11.8. The molecule has 0 aromatic carbocycles. The number of aromatic nitrogens is 2. The minimum atomic E-state index is 0.313. The first-order valence-electron chi connectivity index (χ1n) is 5.11. The smallest absolute Gasteiger partial charge is 0.0547 e. The van der Waals surface area contributed by atoms with Crippen molar-refractivity contribution in [3.63, 3.8) is 0 Å². The van der Waals surface area contributed by atoms with Crippen molar-refractivity contribution in [1.82, 2.24) is 15.1 Å². The third-order valence-corrected chi connectivity index (χ3v) is 4.20. The zero-order valence-corrected chi connectivity index (χ0v) is 11.7. The first-order chi connectivity index (χ1) is 7.66. The van der Waals surface area contributed by atoms with E-state index in [9.17, 15) is 0 Å². The molecule has 3 nitrogen and oxygen atoms in total. The largest absolute Gasteiger partial charge is 0.304 e. The lowest BCUT2D eigenvalue weighted by atomic mass is 10.2. The summed E-state index contributed by atoms with van der Waals surface area (Å²) in [7, 11) is 1.97. The molecule has 0 saturated carbocycles. The van der Waals surface area contributed by atoms with Crippen molar-refractivity contribution in [2.24, 2.45) is 7.05 Å². The summed E-state index contributed by atoms with van der Waals surface area (Å²) in [5, 5.41) is 9.76. The fourth-order valence-corrected chi connectivity index (χ4v) is 3.02. The number of nitrogens with zero attached hydrogens (tertiary/aromatic N) is 2. The van der Waals surface area contributed by atoms with Gasteiger partial charge in [-0.3, -0.25) is 4.68 Å². The van der Waals surface area contributed by atoms with E-state index in [-0.39, 0.29) is 0 Å². The molecule has 2 aromatic rings. The van der Waals surface area contributed by atoms with Gasteiger partial charge in [0, 0.05) is 40.6 Å². The molecule has 1 N–H and O–H groups in total. The van der Waals surface area contributed by atoms with Gasteiger partial charge in [-0.2, -0.15) is 5.10 Å². The zero-order valence-electron chi connectivity index (χ0n) is 9.27. The number of hydrogen-bond donors (Lipinski definition) is 1. The number of nitrogens with one attached hydrogen (secondary N) is 1. The summed E-state index contributed by atoms with van der Waals surface area (Å²) < 4.78 is 3.06. The van der Waals surface area contributed by atoms with Crippen LogP contribution in [0, 0.1) is 0 Å². The third kappa shape index (κ3) is 2.72. The Bertz CT molecular complexity index is 463. The van der Waals surface area contributed by atoms with Gasteiger partial charge in [0.15, 0.2) is 0 Å². The van der Waals surface area contributed by atoms with E-state index in [0.29, 0.717) is 6.04 Å². The molecule has 0 fully saturated rings. The highest BCUT2D eigenvalue weighted by Gasteiger charge is 2.08. The minimum absolute atomic E-state index is 0.313. The molecule has 0 aliphatic carbocycles. The summed E-state index contributed by atoms with van der Waals surface area (Å²) in [5.74, 6) is 0. The second-order valence-electron chi connectivity index (χ2n) is 3.71. The van der Waals surface area contributed by atoms with Gasteiger partial charge in [-0.15, -0.1) is 11.3 Å². The molecule has 0 aliphatic heterocycles. The molecule has 2 rings (SSSR count). The second kappa shape index (κ2) is 5.12. The van der Waals surface area contributed by atoms with Gasteiger partial charge in [0.25, 0.3) is 0 Å². The quantitative estimate of drug-likeness (QED) is 0.940. The maximum atomic E-state index is 4.17. The van der Waals surface area contributed by atoms with Crippen LogP contribution in [-0.2, 0) is 13.6 Å². The van der Waals surface area contributed by atoms with Crippen molar-refractivity contribution in [3.05, 3.63) is 38.8 Å². The van der Waals surface area contributed by atoms with Gasteiger partial charge < -0.3 is 5.32 Å². The Hall–Kier alpha value is -0.650. The van der Waals surface area contributed by atoms with E-state index in [0.717, 1.165) is 11.0 Å². The van der Waals surface area contributed by atoms with Crippen LogP contribution in [0.2, 0.25) is 0 Å². The monoisotopic (exact) mass is 299 g/mol. The van der Waals surface area contributed by atoms with Crippen LogP contribution in [0.3, 0.4) is 0 Å². The van der Waals surface area contributed by atoms with Gasteiger partial charge in [-0.25, -0.2) is 0 Å². The van der Waals surface area contributed by atoms with Crippen LogP contribution in [0.5, 0.6) is 0 Å². The van der Waals surface area contributed by atoms with Crippen LogP contribution in [0.15, 0.2) is 28.2 Å². The number of hydrogen-bond acceptors (Lipinski definition) is 3. The number of rotatable bonds is 4. The van der Waals surface area contributed by atoms with Gasteiger partial charge >= 0.3 is 0 Å². The van der Waals surface area contributed by atoms with Crippen LogP contribution in [0.1, 0.15) is 23.5 Å². The molecule has 86 valence electrons. The summed E-state index contributed by atoms with van der Waals surface area (Å²) in [4.78, 5) is 1.33. The van der Waals surface area contributed by atoms with Gasteiger partial charge in [-0.1, -0.05) is 0 Å². The Kier molecular flexibility index (Phi) is 3.78. The molecule has 0 radical (unpaired) electrons. The maximum Gasteiger partial charge on any atom is 0.0547 e. The van der Waals surface area contributed by atoms with Crippen molar-refractivity contribution in [2.45, 2.75) is 19.5 Å². The van der Waals surface area contributed by atoms with E-state index in [1.54, 1.807) is 11.3 Å². The topological polar surface area (TPSA) is 29.9 Å². The standard InChI is InChI=1S/C11H14BrN3S/c1-8(11-3-4-14-15(11)2)13-6-10-5-9(12)7-16-10/h3-5,7-8,13H,6H2,1-2H3. The Morgan fingerprint density at radius 2 is 2.44 bits per heavy atom. The SMILES string of the molecule is CC(NCc1cc(Br)cs1)c1ccnn1C. The summed E-state index contributed by atoms with van der Waals surface area (Å²) in [6.07, 6.45) is 1.83. The van der Waals surface area contributed by atoms with E-state index in [4.69, 9.17) is 0 Å². The average molecular weight is 300 g/mol. The highest BCUT2D eigenvalue weighted by atomic mass is 79.9. The first-order valence-corrected chi connectivity index (χ1v) is 6.78. The Labute approximate surface area is 108 Å². The van der Waals surface area contributed by atoms with Gasteiger partial charge in [0.05, 0.1) is 5.69 Å². The molecule has 0 saturated heterocycles. The minimum Gasteiger partial charge on any atom is -0.304 e. The van der Waals surface area contributed by atoms with Crippen LogP contribution in [0.4, 0.5) is 0 Å². The normalized spacial score (nSPS) is 12.9. The van der Waals surface area contributed by atoms with Gasteiger partial charge in [-0.05, 0) is 35.0 Å². The molecule has 5 heteroatoms. The Balaban J connectivity index is 1.93. The predicted octanol–water partition coefficient (Wildman–Crippen LogP) is 3.09. The van der Waals surface area contributed by atoms with Crippen molar-refractivity contribution >= 4 is 27.3 Å². The van der Waals surface area contributed by atoms with Crippen molar-refractivity contribution in [3.8, 4) is 0 Å². The molecule has 0 amide bonds. The summed E-state index contributed by atoms with van der Waals surface area (Å²) in [6.45, 7) is 3.04. The maximum absolute atomic E-state index is 4.17. The molecule has 16 heavy (non-hydrogen) atoms. The molecule has 0 bridgehead atoms. The van der Waals surface area contributed by atoms with Crippen LogP contribution in [0.25, 0.3) is 0 Å². The number of aryl methyl sites for hydroxylation is 1. The Morgan fingerprint density at radius 1 is 1.62 bits per heavy atom. The zero-order chi connectivity index (χ0) is 11.5. The van der Waals surface area contributed by atoms with Crippen molar-refractivity contribution in [1.29, 1.82) is 0 Å². The fraction of sp³-hybridized carbons (Fsp3) is 0.364. The fourth-order valence-electron chi connectivity index (χ4n) is 1.61. The van der Waals surface area contributed by atoms with Crippen molar-refractivity contribution < 1.29 is 0 Å². The molecule has 2 aromatic heterocycles. The molecule has 0 spiro atoms. The lowest BCUT2D eigenvalue weighted by Crippen LogP contribution is -2.19. The van der Waals surface area contributed by atoms with E-state index in [2.05, 4.69) is 44.7 Å². The van der Waals surface area contributed by atoms with Gasteiger partial charge in [0.1, 0.15) is 0 Å². The van der Waals surface area contributed by atoms with Crippen LogP contribution < -0.4 is 5.32 Å². The third-order valence-electron chi connectivity index (χ3n) is 2.51. The second-order valence-corrected chi connectivity index (χ2v) is 5.62. The Morgan fingerprint density at radius 3 is 3.00 bits per heavy atom. The highest BCUT2D eigenvalue weighted by molar-refractivity contribution is 9.10. The van der Waals surface area contributed by atoms with Gasteiger partial charge in [0.2, 0.25) is 0 Å². The summed E-state index contributed by atoms with van der Waals surface area (Å²) >= 11 is 5.22. The molecule has 1 unspecified atom stereocenters. The van der Waals surface area contributed by atoms with E-state index in [1.165, 1.54) is 10.6 Å². The van der Waals surface area contributed by atoms with E-state index in [1.807, 2.05) is 24.0 Å². The lowest BCUT2D eigenvalue weighted by molar-refractivity contribution is 0.532. The molecular formula is C11H14BrN3S. The lowest BCUT2D eigenvalue weighted by Gasteiger charge is -2.13. The van der Waals surface area contributed by atoms with E-state index >= 15 is 0 Å². The molecule has 1 atom stereocenters. The predicted molar refractivity (Wildman–Crippen MR) is 70.5 cm³/mol. The molecular weight excluding hydrogens is 286 g/mol. The van der Waals surface area contributed by atoms with Crippen molar-refractivity contribution in [2.75, 3.05) is 0 Å². The highest BCUT2D eigenvalue weighted by Crippen LogP contribution is 2.20. The van der Waals surface area contributed by atoms with Crippen LogP contribution >= 0.6 is 27.3 Å². The molecule has 2 heterocycles. The average Bonchev–Trinajstić information content (AvgIpc) is 2.84. The number of thiophene rings is 1. The molecule has 0 aliphatic rings. The summed E-state index contributed by atoms with van der Waals surface area (Å²) in [5.41, 5.74) is 1.20. The number of halogens is 1. The summed E-state index contributed by atoms with van der Waals surface area (Å²) in [6, 6.07) is 4.50. The van der Waals surface area contributed by atoms with E-state index < -0.39 is 0 Å².